The third-order valence-electron chi connectivity index (χ3n) is 2.92. The summed E-state index contributed by atoms with van der Waals surface area (Å²) in [4.78, 5) is 24.3. The quantitative estimate of drug-likeness (QED) is 0.801. The highest BCUT2D eigenvalue weighted by Crippen LogP contribution is 2.21. The van der Waals surface area contributed by atoms with Gasteiger partial charge in [0.1, 0.15) is 5.75 Å². The lowest BCUT2D eigenvalue weighted by Crippen LogP contribution is -2.32. The number of ether oxygens (including phenoxy) is 1. The first-order valence-electron chi connectivity index (χ1n) is 5.86. The molecule has 0 atom stereocenters. The van der Waals surface area contributed by atoms with Crippen LogP contribution in [0.1, 0.15) is 23.2 Å². The van der Waals surface area contributed by atoms with Gasteiger partial charge in [0.05, 0.1) is 0 Å². The van der Waals surface area contributed by atoms with E-state index in [1.54, 1.807) is 23.1 Å². The Hall–Kier alpha value is -1.36. The lowest BCUT2D eigenvalue weighted by atomic mass is 10.2. The molecule has 0 aromatic heterocycles. The Bertz CT molecular complexity index is 456. The zero-order valence-corrected chi connectivity index (χ0v) is 11.5. The van der Waals surface area contributed by atoms with Crippen LogP contribution in [0.4, 0.5) is 0 Å². The largest absolute Gasteiger partial charge is 0.484 e. The van der Waals surface area contributed by atoms with Gasteiger partial charge in [-0.3, -0.25) is 9.59 Å². The molecule has 0 N–H and O–H groups in total. The second kappa shape index (κ2) is 6.00. The second-order valence-corrected chi connectivity index (χ2v) is 5.03. The number of likely N-dealkylation sites (tertiary alicyclic amines) is 1. The van der Waals surface area contributed by atoms with Crippen LogP contribution < -0.4 is 4.74 Å². The standard InChI is InChI=1S/C13H14BrNO3/c14-12-4-3-11(7-10(12)8-16)18-9-13(17)15-5-1-2-6-15/h3-4,7-8H,1-2,5-6,9H2. The van der Waals surface area contributed by atoms with Crippen LogP contribution in [-0.4, -0.2) is 36.8 Å². The van der Waals surface area contributed by atoms with E-state index in [1.807, 2.05) is 0 Å². The molecule has 0 saturated carbocycles. The Morgan fingerprint density at radius 2 is 2.11 bits per heavy atom. The van der Waals surface area contributed by atoms with Crippen molar-refractivity contribution < 1.29 is 14.3 Å². The zero-order valence-electron chi connectivity index (χ0n) is 9.89. The molecule has 18 heavy (non-hydrogen) atoms. The third-order valence-corrected chi connectivity index (χ3v) is 3.64. The van der Waals surface area contributed by atoms with E-state index in [9.17, 15) is 9.59 Å². The van der Waals surface area contributed by atoms with Crippen molar-refractivity contribution in [2.24, 2.45) is 0 Å². The van der Waals surface area contributed by atoms with E-state index < -0.39 is 0 Å². The maximum Gasteiger partial charge on any atom is 0.260 e. The number of carbonyl (C=O) groups is 2. The topological polar surface area (TPSA) is 46.6 Å². The number of hydrogen-bond donors (Lipinski definition) is 0. The summed E-state index contributed by atoms with van der Waals surface area (Å²) in [5, 5.41) is 0. The van der Waals surface area contributed by atoms with Crippen molar-refractivity contribution in [3.05, 3.63) is 28.2 Å². The Balaban J connectivity index is 1.93. The molecule has 1 amide bonds. The van der Waals surface area contributed by atoms with E-state index in [-0.39, 0.29) is 12.5 Å². The first kappa shape index (κ1) is 13.1. The lowest BCUT2D eigenvalue weighted by molar-refractivity contribution is -0.132. The number of halogens is 1. The number of benzene rings is 1. The molecular weight excluding hydrogens is 298 g/mol. The molecule has 0 aliphatic carbocycles. The maximum absolute atomic E-state index is 11.8. The smallest absolute Gasteiger partial charge is 0.260 e. The van der Waals surface area contributed by atoms with Gasteiger partial charge in [-0.15, -0.1) is 0 Å². The number of rotatable bonds is 4. The Kier molecular flexibility index (Phi) is 4.36. The first-order valence-corrected chi connectivity index (χ1v) is 6.65. The maximum atomic E-state index is 11.8. The Morgan fingerprint density at radius 1 is 1.39 bits per heavy atom. The van der Waals surface area contributed by atoms with Gasteiger partial charge in [0, 0.05) is 23.1 Å². The van der Waals surface area contributed by atoms with E-state index in [2.05, 4.69) is 15.9 Å². The van der Waals surface area contributed by atoms with E-state index in [0.717, 1.165) is 36.7 Å². The summed E-state index contributed by atoms with van der Waals surface area (Å²) in [5.41, 5.74) is 0.515. The van der Waals surface area contributed by atoms with Gasteiger partial charge in [-0.05, 0) is 31.0 Å². The van der Waals surface area contributed by atoms with Gasteiger partial charge in [0.15, 0.2) is 12.9 Å². The van der Waals surface area contributed by atoms with Crippen LogP contribution in [0.2, 0.25) is 0 Å². The molecular formula is C13H14BrNO3. The van der Waals surface area contributed by atoms with Crippen molar-refractivity contribution in [3.63, 3.8) is 0 Å². The molecule has 96 valence electrons. The summed E-state index contributed by atoms with van der Waals surface area (Å²) in [6.45, 7) is 1.67. The summed E-state index contributed by atoms with van der Waals surface area (Å²) >= 11 is 3.26. The fourth-order valence-corrected chi connectivity index (χ4v) is 2.24. The molecule has 2 rings (SSSR count). The van der Waals surface area contributed by atoms with E-state index in [1.165, 1.54) is 0 Å². The lowest BCUT2D eigenvalue weighted by Gasteiger charge is -2.15. The summed E-state index contributed by atoms with van der Waals surface area (Å²) in [7, 11) is 0. The zero-order chi connectivity index (χ0) is 13.0. The van der Waals surface area contributed by atoms with Crippen molar-refractivity contribution >= 4 is 28.1 Å². The number of nitrogens with zero attached hydrogens (tertiary/aromatic N) is 1. The van der Waals surface area contributed by atoms with Crippen LogP contribution in [0.15, 0.2) is 22.7 Å². The van der Waals surface area contributed by atoms with Gasteiger partial charge in [-0.25, -0.2) is 0 Å². The van der Waals surface area contributed by atoms with E-state index in [4.69, 9.17) is 4.74 Å². The molecule has 1 fully saturated rings. The van der Waals surface area contributed by atoms with Crippen LogP contribution in [0, 0.1) is 0 Å². The van der Waals surface area contributed by atoms with Crippen LogP contribution in [0.5, 0.6) is 5.75 Å². The predicted molar refractivity (Wildman–Crippen MR) is 70.8 cm³/mol. The molecule has 0 radical (unpaired) electrons. The average Bonchev–Trinajstić information content (AvgIpc) is 2.91. The summed E-state index contributed by atoms with van der Waals surface area (Å²) in [6.07, 6.45) is 2.89. The molecule has 4 nitrogen and oxygen atoms in total. The first-order chi connectivity index (χ1) is 8.70. The summed E-state index contributed by atoms with van der Waals surface area (Å²) in [5.74, 6) is 0.538. The van der Waals surface area contributed by atoms with Gasteiger partial charge in [0.2, 0.25) is 0 Å². The minimum atomic E-state index is 0.00284. The fourth-order valence-electron chi connectivity index (χ4n) is 1.90. The average molecular weight is 312 g/mol. The number of carbonyl (C=O) groups excluding carboxylic acids is 2. The van der Waals surface area contributed by atoms with Gasteiger partial charge >= 0.3 is 0 Å². The SMILES string of the molecule is O=Cc1cc(OCC(=O)N2CCCC2)ccc1Br. The molecule has 1 aromatic carbocycles. The molecule has 0 unspecified atom stereocenters. The van der Waals surface area contributed by atoms with Crippen molar-refractivity contribution in [2.75, 3.05) is 19.7 Å². The Labute approximate surface area is 114 Å². The normalized spacial score (nSPS) is 14.6. The third kappa shape index (κ3) is 3.10. The van der Waals surface area contributed by atoms with Crippen LogP contribution >= 0.6 is 15.9 Å². The van der Waals surface area contributed by atoms with Crippen molar-refractivity contribution in [1.82, 2.24) is 4.90 Å². The summed E-state index contributed by atoms with van der Waals surface area (Å²) < 4.78 is 6.13. The van der Waals surface area contributed by atoms with E-state index in [0.29, 0.717) is 11.3 Å². The molecule has 1 aromatic rings. The van der Waals surface area contributed by atoms with Gasteiger partial charge in [-0.2, -0.15) is 0 Å². The predicted octanol–water partition coefficient (Wildman–Crippen LogP) is 2.26. The molecule has 0 bridgehead atoms. The monoisotopic (exact) mass is 311 g/mol. The van der Waals surface area contributed by atoms with Crippen LogP contribution in [-0.2, 0) is 4.79 Å². The number of hydrogen-bond acceptors (Lipinski definition) is 3. The van der Waals surface area contributed by atoms with Gasteiger partial charge < -0.3 is 9.64 Å². The molecule has 1 heterocycles. The molecule has 1 saturated heterocycles. The van der Waals surface area contributed by atoms with Gasteiger partial charge in [-0.1, -0.05) is 15.9 Å². The highest BCUT2D eigenvalue weighted by atomic mass is 79.9. The van der Waals surface area contributed by atoms with Crippen LogP contribution in [0.3, 0.4) is 0 Å². The van der Waals surface area contributed by atoms with Crippen molar-refractivity contribution in [3.8, 4) is 5.75 Å². The molecule has 1 aliphatic heterocycles. The molecule has 1 aliphatic rings. The second-order valence-electron chi connectivity index (χ2n) is 4.18. The van der Waals surface area contributed by atoms with Crippen LogP contribution in [0.25, 0.3) is 0 Å². The number of aldehydes is 1. The molecule has 0 spiro atoms. The minimum absolute atomic E-state index is 0.00284. The fraction of sp³-hybridized carbons (Fsp3) is 0.385. The van der Waals surface area contributed by atoms with Crippen molar-refractivity contribution in [1.29, 1.82) is 0 Å². The summed E-state index contributed by atoms with van der Waals surface area (Å²) in [6, 6.07) is 5.09. The van der Waals surface area contributed by atoms with Crippen molar-refractivity contribution in [2.45, 2.75) is 12.8 Å². The minimum Gasteiger partial charge on any atom is -0.484 e. The highest BCUT2D eigenvalue weighted by molar-refractivity contribution is 9.10. The highest BCUT2D eigenvalue weighted by Gasteiger charge is 2.18. The number of amides is 1. The van der Waals surface area contributed by atoms with Gasteiger partial charge in [0.25, 0.3) is 5.91 Å². The molecule has 5 heteroatoms. The Morgan fingerprint density at radius 3 is 2.78 bits per heavy atom. The van der Waals surface area contributed by atoms with E-state index >= 15 is 0 Å².